The van der Waals surface area contributed by atoms with Gasteiger partial charge in [-0.15, -0.1) is 10.2 Å². The first-order valence-corrected chi connectivity index (χ1v) is 13.0. The number of H-pyrrole nitrogens is 1. The van der Waals surface area contributed by atoms with Crippen molar-refractivity contribution in [2.24, 2.45) is 0 Å². The summed E-state index contributed by atoms with van der Waals surface area (Å²) in [4.78, 5) is 46.0. The summed E-state index contributed by atoms with van der Waals surface area (Å²) in [6, 6.07) is -0.959. The first-order valence-electron chi connectivity index (χ1n) is 11.3. The summed E-state index contributed by atoms with van der Waals surface area (Å²) in [5.74, 6) is -2.61. The summed E-state index contributed by atoms with van der Waals surface area (Å²) < 4.78 is 36.2. The fourth-order valence-electron chi connectivity index (χ4n) is 2.70. The number of nitrogens with zero attached hydrogens (tertiary/aromatic N) is 3. The number of nitrogens with one attached hydrogen (secondary N) is 4. The molecule has 0 saturated carbocycles. The van der Waals surface area contributed by atoms with Gasteiger partial charge in [-0.25, -0.2) is 13.2 Å². The van der Waals surface area contributed by atoms with Crippen LogP contribution >= 0.6 is 0 Å². The van der Waals surface area contributed by atoms with E-state index in [9.17, 15) is 27.6 Å². The molecule has 0 aliphatic rings. The highest BCUT2D eigenvalue weighted by atomic mass is 32.2. The molecule has 0 aliphatic carbocycles. The van der Waals surface area contributed by atoms with E-state index in [1.165, 1.54) is 0 Å². The van der Waals surface area contributed by atoms with E-state index >= 15 is 0 Å². The number of hydrogen-bond acceptors (Lipinski definition) is 11. The van der Waals surface area contributed by atoms with Crippen LogP contribution < -0.4 is 15.4 Å². The molecule has 1 aromatic heterocycles. The first kappa shape index (κ1) is 30.9. The molecule has 1 heterocycles. The molecule has 16 nitrogen and oxygen atoms in total. The molecule has 1 atom stereocenters. The number of ether oxygens (including phenoxy) is 2. The van der Waals surface area contributed by atoms with Gasteiger partial charge in [0.15, 0.2) is 5.82 Å². The van der Waals surface area contributed by atoms with Crippen LogP contribution in [0.3, 0.4) is 0 Å². The first-order chi connectivity index (χ1) is 17.1. The quantitative estimate of drug-likeness (QED) is 0.113. The average molecular weight is 536 g/mol. The molecule has 0 aromatic carbocycles. The minimum absolute atomic E-state index is 0.0173. The third-order valence-corrected chi connectivity index (χ3v) is 5.86. The van der Waals surface area contributed by atoms with Gasteiger partial charge in [-0.05, 0) is 19.3 Å². The molecule has 3 amide bonds. The molecule has 0 spiro atoms. The fraction of sp³-hybridized carbons (Fsp3) is 0.737. The normalized spacial score (nSPS) is 12.0. The number of aromatic amines is 1. The van der Waals surface area contributed by atoms with Crippen molar-refractivity contribution in [3.8, 4) is 0 Å². The Labute approximate surface area is 208 Å². The van der Waals surface area contributed by atoms with Crippen molar-refractivity contribution in [1.82, 2.24) is 36.0 Å². The Hall–Kier alpha value is -3.18. The van der Waals surface area contributed by atoms with E-state index in [2.05, 4.69) is 31.3 Å². The highest BCUT2D eigenvalue weighted by Crippen LogP contribution is 2.00. The number of carboxylic acids is 1. The predicted molar refractivity (Wildman–Crippen MR) is 123 cm³/mol. The Kier molecular flexibility index (Phi) is 14.8. The van der Waals surface area contributed by atoms with Gasteiger partial charge in [-0.2, -0.15) is 5.21 Å². The lowest BCUT2D eigenvalue weighted by atomic mass is 10.2. The molecule has 1 aromatic rings. The van der Waals surface area contributed by atoms with Crippen molar-refractivity contribution >= 4 is 33.7 Å². The van der Waals surface area contributed by atoms with Crippen LogP contribution in [0.5, 0.6) is 0 Å². The summed E-state index contributed by atoms with van der Waals surface area (Å²) >= 11 is 0. The SMILES string of the molecule is CCC(NC(=O)COCCOCCNC(=O)CCCS(=O)(=O)NC(=O)CCCc1nn[nH]n1)C(=O)O. The lowest BCUT2D eigenvalue weighted by Gasteiger charge is -2.12. The van der Waals surface area contributed by atoms with E-state index in [1.54, 1.807) is 6.92 Å². The van der Waals surface area contributed by atoms with Crippen molar-refractivity contribution < 1.29 is 42.2 Å². The number of aliphatic carboxylic acids is 1. The van der Waals surface area contributed by atoms with Crippen LogP contribution in [0.1, 0.15) is 44.9 Å². The van der Waals surface area contributed by atoms with Crippen molar-refractivity contribution in [3.05, 3.63) is 5.82 Å². The number of carbonyl (C=O) groups excluding carboxylic acids is 3. The summed E-state index contributed by atoms with van der Waals surface area (Å²) in [5, 5.41) is 26.9. The molecule has 1 rings (SSSR count). The van der Waals surface area contributed by atoms with Gasteiger partial charge in [0.05, 0.1) is 25.6 Å². The van der Waals surface area contributed by atoms with E-state index in [-0.39, 0.29) is 70.3 Å². The third kappa shape index (κ3) is 14.9. The van der Waals surface area contributed by atoms with Gasteiger partial charge in [-0.3, -0.25) is 19.1 Å². The Bertz CT molecular complexity index is 926. The molecule has 17 heteroatoms. The topological polar surface area (TPSA) is 232 Å². The fourth-order valence-corrected chi connectivity index (χ4v) is 3.78. The number of tetrazole rings is 1. The maximum absolute atomic E-state index is 12.0. The molecule has 0 bridgehead atoms. The minimum Gasteiger partial charge on any atom is -0.480 e. The zero-order valence-electron chi connectivity index (χ0n) is 20.0. The highest BCUT2D eigenvalue weighted by molar-refractivity contribution is 7.90. The van der Waals surface area contributed by atoms with E-state index in [0.717, 1.165) is 0 Å². The smallest absolute Gasteiger partial charge is 0.326 e. The van der Waals surface area contributed by atoms with Gasteiger partial charge < -0.3 is 25.2 Å². The standard InChI is InChI=1S/C19H33N7O9S/c1-2-14(19(30)31)21-18(29)13-35-11-10-34-9-8-20-16(27)7-4-12-36(32,33)24-17(28)6-3-5-15-22-25-26-23-15/h14H,2-13H2,1H3,(H,20,27)(H,21,29)(H,24,28)(H,30,31)(H,22,23,25,26). The van der Waals surface area contributed by atoms with Crippen molar-refractivity contribution in [3.63, 3.8) is 0 Å². The second kappa shape index (κ2) is 17.3. The van der Waals surface area contributed by atoms with Gasteiger partial charge in [0, 0.05) is 25.8 Å². The number of carbonyl (C=O) groups is 4. The second-order valence-corrected chi connectivity index (χ2v) is 9.35. The number of hydrogen-bond donors (Lipinski definition) is 5. The molecule has 1 unspecified atom stereocenters. The van der Waals surface area contributed by atoms with Crippen LogP contribution in [0.15, 0.2) is 0 Å². The highest BCUT2D eigenvalue weighted by Gasteiger charge is 2.17. The predicted octanol–water partition coefficient (Wildman–Crippen LogP) is -2.12. The number of amides is 3. The zero-order chi connectivity index (χ0) is 26.8. The van der Waals surface area contributed by atoms with E-state index < -0.39 is 33.8 Å². The van der Waals surface area contributed by atoms with Crippen LogP contribution in [-0.2, 0) is 45.1 Å². The van der Waals surface area contributed by atoms with Gasteiger partial charge >= 0.3 is 5.97 Å². The third-order valence-electron chi connectivity index (χ3n) is 4.49. The summed E-state index contributed by atoms with van der Waals surface area (Å²) in [7, 11) is -3.84. The van der Waals surface area contributed by atoms with Gasteiger partial charge in [-0.1, -0.05) is 12.1 Å². The molecular formula is C19H33N7O9S. The average Bonchev–Trinajstić information content (AvgIpc) is 3.32. The number of carboxylic acid groups (broad SMARTS) is 1. The molecule has 204 valence electrons. The van der Waals surface area contributed by atoms with Gasteiger partial charge in [0.1, 0.15) is 12.6 Å². The van der Waals surface area contributed by atoms with E-state index in [4.69, 9.17) is 14.6 Å². The summed E-state index contributed by atoms with van der Waals surface area (Å²) in [6.07, 6.45) is 0.976. The van der Waals surface area contributed by atoms with E-state index in [1.807, 2.05) is 4.72 Å². The minimum atomic E-state index is -3.84. The number of aryl methyl sites for hydroxylation is 1. The van der Waals surface area contributed by atoms with Crippen molar-refractivity contribution in [2.75, 3.05) is 38.7 Å². The number of sulfonamides is 1. The summed E-state index contributed by atoms with van der Waals surface area (Å²) in [5.41, 5.74) is 0. The Morgan fingerprint density at radius 3 is 2.42 bits per heavy atom. The largest absolute Gasteiger partial charge is 0.480 e. The second-order valence-electron chi connectivity index (χ2n) is 7.51. The monoisotopic (exact) mass is 535 g/mol. The molecule has 0 fully saturated rings. The molecule has 5 N–H and O–H groups in total. The molecule has 0 saturated heterocycles. The summed E-state index contributed by atoms with van der Waals surface area (Å²) in [6.45, 7) is 1.97. The van der Waals surface area contributed by atoms with Crippen LogP contribution in [-0.4, -0.2) is 103 Å². The Balaban J connectivity index is 2.02. The van der Waals surface area contributed by atoms with Gasteiger partial charge in [0.25, 0.3) is 0 Å². The molecule has 0 radical (unpaired) electrons. The number of rotatable bonds is 20. The van der Waals surface area contributed by atoms with Gasteiger partial charge in [0.2, 0.25) is 27.7 Å². The maximum Gasteiger partial charge on any atom is 0.326 e. The lowest BCUT2D eigenvalue weighted by molar-refractivity contribution is -0.142. The zero-order valence-corrected chi connectivity index (χ0v) is 20.8. The van der Waals surface area contributed by atoms with Crippen LogP contribution in [0.4, 0.5) is 0 Å². The maximum atomic E-state index is 12.0. The molecule has 0 aliphatic heterocycles. The molecular weight excluding hydrogens is 502 g/mol. The van der Waals surface area contributed by atoms with Crippen LogP contribution in [0.25, 0.3) is 0 Å². The van der Waals surface area contributed by atoms with Crippen LogP contribution in [0.2, 0.25) is 0 Å². The van der Waals surface area contributed by atoms with E-state index in [0.29, 0.717) is 18.7 Å². The van der Waals surface area contributed by atoms with Crippen molar-refractivity contribution in [2.45, 2.75) is 51.5 Å². The Morgan fingerprint density at radius 1 is 1.03 bits per heavy atom. The lowest BCUT2D eigenvalue weighted by Crippen LogP contribution is -2.42. The van der Waals surface area contributed by atoms with Crippen LogP contribution in [0, 0.1) is 0 Å². The Morgan fingerprint density at radius 2 is 1.75 bits per heavy atom. The molecule has 36 heavy (non-hydrogen) atoms. The number of aromatic nitrogens is 4. The van der Waals surface area contributed by atoms with Crippen molar-refractivity contribution in [1.29, 1.82) is 0 Å².